The minimum atomic E-state index is 0.121. The highest BCUT2D eigenvalue weighted by Crippen LogP contribution is 2.23. The molecule has 0 aliphatic rings. The number of rotatable bonds is 5. The third-order valence-electron chi connectivity index (χ3n) is 3.31. The number of oxime groups is 1. The van der Waals surface area contributed by atoms with Crippen LogP contribution in [0.2, 0.25) is 0 Å². The van der Waals surface area contributed by atoms with E-state index in [4.69, 9.17) is 10.9 Å². The summed E-state index contributed by atoms with van der Waals surface area (Å²) in [5, 5.41) is 15.2. The van der Waals surface area contributed by atoms with Crippen molar-refractivity contribution < 1.29 is 5.21 Å². The first-order chi connectivity index (χ1) is 10.1. The molecule has 21 heavy (non-hydrogen) atoms. The molecule has 0 saturated carbocycles. The monoisotopic (exact) mass is 347 g/mol. The first kappa shape index (κ1) is 15.5. The lowest BCUT2D eigenvalue weighted by Gasteiger charge is -2.16. The number of nitrogens with one attached hydrogen (secondary N) is 1. The summed E-state index contributed by atoms with van der Waals surface area (Å²) in [6.07, 6.45) is 0. The third kappa shape index (κ3) is 4.06. The molecule has 0 aromatic heterocycles. The first-order valence-electron chi connectivity index (χ1n) is 6.66. The van der Waals surface area contributed by atoms with Crippen molar-refractivity contribution in [3.05, 3.63) is 69.7 Å². The van der Waals surface area contributed by atoms with Crippen LogP contribution in [0.15, 0.2) is 58.2 Å². The highest BCUT2D eigenvalue weighted by Gasteiger charge is 2.08. The van der Waals surface area contributed by atoms with Gasteiger partial charge < -0.3 is 16.3 Å². The molecule has 0 bridgehead atoms. The molecule has 0 fully saturated rings. The maximum Gasteiger partial charge on any atom is 0.170 e. The lowest BCUT2D eigenvalue weighted by Crippen LogP contribution is -2.19. The predicted octanol–water partition coefficient (Wildman–Crippen LogP) is 3.39. The van der Waals surface area contributed by atoms with Gasteiger partial charge in [0.25, 0.3) is 0 Å². The van der Waals surface area contributed by atoms with Crippen molar-refractivity contribution in [3.63, 3.8) is 0 Å². The Balaban J connectivity index is 2.05. The Morgan fingerprint density at radius 2 is 2.05 bits per heavy atom. The van der Waals surface area contributed by atoms with Gasteiger partial charge in [-0.3, -0.25) is 0 Å². The normalized spacial score (nSPS) is 13.1. The number of hydrogen-bond acceptors (Lipinski definition) is 3. The molecule has 0 unspecified atom stereocenters. The lowest BCUT2D eigenvalue weighted by atomic mass is 10.1. The quantitative estimate of drug-likeness (QED) is 0.336. The SMILES string of the molecule is C[C@@H](NCc1cccc(/C(N)=N/O)c1)c1ccccc1Br. The second kappa shape index (κ2) is 7.24. The van der Waals surface area contributed by atoms with Gasteiger partial charge in [-0.2, -0.15) is 0 Å². The predicted molar refractivity (Wildman–Crippen MR) is 88.3 cm³/mol. The summed E-state index contributed by atoms with van der Waals surface area (Å²) in [6.45, 7) is 2.82. The van der Waals surface area contributed by atoms with Gasteiger partial charge in [-0.05, 0) is 30.2 Å². The number of benzene rings is 2. The molecule has 0 aliphatic carbocycles. The van der Waals surface area contributed by atoms with Crippen LogP contribution in [-0.2, 0) is 6.54 Å². The summed E-state index contributed by atoms with van der Waals surface area (Å²) < 4.78 is 1.09. The van der Waals surface area contributed by atoms with Crippen LogP contribution in [0.3, 0.4) is 0 Å². The van der Waals surface area contributed by atoms with Crippen LogP contribution in [0, 0.1) is 0 Å². The average Bonchev–Trinajstić information content (AvgIpc) is 2.52. The molecule has 2 aromatic carbocycles. The molecule has 0 radical (unpaired) electrons. The van der Waals surface area contributed by atoms with Crippen molar-refractivity contribution in [2.24, 2.45) is 10.9 Å². The van der Waals surface area contributed by atoms with E-state index in [1.165, 1.54) is 5.56 Å². The molecule has 0 spiro atoms. The maximum atomic E-state index is 8.72. The van der Waals surface area contributed by atoms with Crippen molar-refractivity contribution in [3.8, 4) is 0 Å². The Morgan fingerprint density at radius 1 is 1.29 bits per heavy atom. The highest BCUT2D eigenvalue weighted by atomic mass is 79.9. The average molecular weight is 348 g/mol. The molecule has 0 amide bonds. The van der Waals surface area contributed by atoms with Gasteiger partial charge in [0.2, 0.25) is 0 Å². The van der Waals surface area contributed by atoms with E-state index in [0.29, 0.717) is 12.1 Å². The van der Waals surface area contributed by atoms with Crippen molar-refractivity contribution >= 4 is 21.8 Å². The first-order valence-corrected chi connectivity index (χ1v) is 7.45. The van der Waals surface area contributed by atoms with Crippen molar-refractivity contribution in [2.75, 3.05) is 0 Å². The fraction of sp³-hybridized carbons (Fsp3) is 0.188. The van der Waals surface area contributed by atoms with E-state index >= 15 is 0 Å². The second-order valence-electron chi connectivity index (χ2n) is 4.81. The minimum absolute atomic E-state index is 0.121. The van der Waals surface area contributed by atoms with Crippen LogP contribution in [0.5, 0.6) is 0 Å². The van der Waals surface area contributed by atoms with Crippen LogP contribution in [-0.4, -0.2) is 11.0 Å². The van der Waals surface area contributed by atoms with Gasteiger partial charge in [-0.25, -0.2) is 0 Å². The zero-order chi connectivity index (χ0) is 15.2. The van der Waals surface area contributed by atoms with Crippen molar-refractivity contribution in [1.82, 2.24) is 5.32 Å². The molecule has 1 atom stereocenters. The zero-order valence-electron chi connectivity index (χ0n) is 11.8. The Bertz CT molecular complexity index is 643. The highest BCUT2D eigenvalue weighted by molar-refractivity contribution is 9.10. The molecule has 4 N–H and O–H groups in total. The number of nitrogens with zero attached hydrogens (tertiary/aromatic N) is 1. The van der Waals surface area contributed by atoms with Gasteiger partial charge in [-0.15, -0.1) is 0 Å². The van der Waals surface area contributed by atoms with Crippen LogP contribution in [0.4, 0.5) is 0 Å². The Kier molecular flexibility index (Phi) is 5.36. The van der Waals surface area contributed by atoms with E-state index in [-0.39, 0.29) is 11.9 Å². The third-order valence-corrected chi connectivity index (χ3v) is 4.04. The number of nitrogens with two attached hydrogens (primary N) is 1. The van der Waals surface area contributed by atoms with Gasteiger partial charge in [0.05, 0.1) is 0 Å². The summed E-state index contributed by atoms with van der Waals surface area (Å²) in [6, 6.07) is 16.0. The summed E-state index contributed by atoms with van der Waals surface area (Å²) in [7, 11) is 0. The van der Waals surface area contributed by atoms with E-state index < -0.39 is 0 Å². The zero-order valence-corrected chi connectivity index (χ0v) is 13.3. The molecular weight excluding hydrogens is 330 g/mol. The number of amidine groups is 1. The molecule has 0 aliphatic heterocycles. The fourth-order valence-corrected chi connectivity index (χ4v) is 2.73. The topological polar surface area (TPSA) is 70.6 Å². The van der Waals surface area contributed by atoms with Gasteiger partial charge in [0.1, 0.15) is 0 Å². The van der Waals surface area contributed by atoms with Gasteiger partial charge in [0, 0.05) is 22.6 Å². The number of hydrogen-bond donors (Lipinski definition) is 3. The van der Waals surface area contributed by atoms with Gasteiger partial charge in [-0.1, -0.05) is 57.5 Å². The lowest BCUT2D eigenvalue weighted by molar-refractivity contribution is 0.318. The largest absolute Gasteiger partial charge is 0.409 e. The number of halogens is 1. The smallest absolute Gasteiger partial charge is 0.170 e. The van der Waals surface area contributed by atoms with E-state index in [1.54, 1.807) is 0 Å². The second-order valence-corrected chi connectivity index (χ2v) is 5.66. The Hall–Kier alpha value is -1.85. The van der Waals surface area contributed by atoms with Crippen molar-refractivity contribution in [1.29, 1.82) is 0 Å². The molecule has 2 aromatic rings. The van der Waals surface area contributed by atoms with Gasteiger partial charge >= 0.3 is 0 Å². The summed E-state index contributed by atoms with van der Waals surface area (Å²) in [5.41, 5.74) is 8.61. The molecule has 110 valence electrons. The molecule has 0 heterocycles. The maximum absolute atomic E-state index is 8.72. The van der Waals surface area contributed by atoms with Crippen LogP contribution in [0.25, 0.3) is 0 Å². The van der Waals surface area contributed by atoms with Crippen molar-refractivity contribution in [2.45, 2.75) is 19.5 Å². The van der Waals surface area contributed by atoms with E-state index in [9.17, 15) is 0 Å². The molecular formula is C16H18BrN3O. The van der Waals surface area contributed by atoms with E-state index in [2.05, 4.69) is 39.4 Å². The van der Waals surface area contributed by atoms with E-state index in [0.717, 1.165) is 10.0 Å². The standard InChI is InChI=1S/C16H18BrN3O/c1-11(14-7-2-3-8-15(14)17)19-10-12-5-4-6-13(9-12)16(18)20-21/h2-9,11,19,21H,10H2,1H3,(H2,18,20)/t11-/m1/s1. The minimum Gasteiger partial charge on any atom is -0.409 e. The Labute approximate surface area is 132 Å². The summed E-state index contributed by atoms with van der Waals surface area (Å²) in [4.78, 5) is 0. The fourth-order valence-electron chi connectivity index (χ4n) is 2.11. The van der Waals surface area contributed by atoms with Crippen LogP contribution < -0.4 is 11.1 Å². The molecule has 0 saturated heterocycles. The van der Waals surface area contributed by atoms with Crippen LogP contribution in [0.1, 0.15) is 29.7 Å². The molecule has 2 rings (SSSR count). The van der Waals surface area contributed by atoms with Gasteiger partial charge in [0.15, 0.2) is 5.84 Å². The summed E-state index contributed by atoms with van der Waals surface area (Å²) >= 11 is 3.56. The Morgan fingerprint density at radius 3 is 2.76 bits per heavy atom. The molecule has 5 heteroatoms. The van der Waals surface area contributed by atoms with E-state index in [1.807, 2.05) is 42.5 Å². The summed E-state index contributed by atoms with van der Waals surface area (Å²) in [5.74, 6) is 0.121. The molecule has 4 nitrogen and oxygen atoms in total. The van der Waals surface area contributed by atoms with Crippen LogP contribution >= 0.6 is 15.9 Å².